The van der Waals surface area contributed by atoms with Crippen LogP contribution >= 0.6 is 0 Å². The zero-order chi connectivity index (χ0) is 16.1. The number of benzene rings is 2. The van der Waals surface area contributed by atoms with Crippen molar-refractivity contribution in [2.75, 3.05) is 0 Å². The summed E-state index contributed by atoms with van der Waals surface area (Å²) in [4.78, 5) is 11.9. The van der Waals surface area contributed by atoms with Gasteiger partial charge < -0.3 is 10.2 Å². The maximum Gasteiger partial charge on any atom is 0.271 e. The van der Waals surface area contributed by atoms with E-state index in [-0.39, 0.29) is 17.1 Å². The first-order chi connectivity index (χ1) is 10.5. The Morgan fingerprint density at radius 2 is 1.86 bits per heavy atom. The van der Waals surface area contributed by atoms with Crippen LogP contribution in [0.4, 0.5) is 4.39 Å². The Hall–Kier alpha value is -2.89. The van der Waals surface area contributed by atoms with Crippen molar-refractivity contribution >= 4 is 11.6 Å². The molecule has 0 saturated heterocycles. The third kappa shape index (κ3) is 3.60. The highest BCUT2D eigenvalue weighted by Crippen LogP contribution is 2.20. The molecule has 3 N–H and O–H groups in total. The first-order valence-corrected chi connectivity index (χ1v) is 6.66. The van der Waals surface area contributed by atoms with Crippen LogP contribution in [-0.2, 0) is 0 Å². The van der Waals surface area contributed by atoms with E-state index in [0.29, 0.717) is 17.7 Å². The summed E-state index contributed by atoms with van der Waals surface area (Å²) in [5, 5.41) is 22.9. The number of hydrazone groups is 1. The molecule has 0 radical (unpaired) electrons. The quantitative estimate of drug-likeness (QED) is 0.600. The Morgan fingerprint density at radius 1 is 1.18 bits per heavy atom. The lowest BCUT2D eigenvalue weighted by Gasteiger charge is -2.07. The second-order valence-corrected chi connectivity index (χ2v) is 4.56. The van der Waals surface area contributed by atoms with Crippen molar-refractivity contribution in [2.45, 2.75) is 13.3 Å². The minimum Gasteiger partial charge on any atom is -0.508 e. The Morgan fingerprint density at radius 3 is 2.50 bits per heavy atom. The van der Waals surface area contributed by atoms with Crippen LogP contribution in [0, 0.1) is 5.82 Å². The molecule has 2 aromatic carbocycles. The van der Waals surface area contributed by atoms with Crippen LogP contribution < -0.4 is 5.43 Å². The molecule has 0 unspecified atom stereocenters. The van der Waals surface area contributed by atoms with Gasteiger partial charge in [-0.15, -0.1) is 0 Å². The maximum absolute atomic E-state index is 13.3. The van der Waals surface area contributed by atoms with Crippen molar-refractivity contribution in [2.24, 2.45) is 5.10 Å². The third-order valence-electron chi connectivity index (χ3n) is 3.03. The van der Waals surface area contributed by atoms with Gasteiger partial charge in [0.25, 0.3) is 5.91 Å². The van der Waals surface area contributed by atoms with Crippen LogP contribution in [0.3, 0.4) is 0 Å². The molecule has 0 heterocycles. The third-order valence-corrected chi connectivity index (χ3v) is 3.03. The summed E-state index contributed by atoms with van der Waals surface area (Å²) in [5.74, 6) is -1.03. The van der Waals surface area contributed by atoms with Gasteiger partial charge in [0.15, 0.2) is 0 Å². The lowest BCUT2D eigenvalue weighted by atomic mass is 10.1. The minimum atomic E-state index is -0.501. The minimum absolute atomic E-state index is 0.0546. The molecule has 0 bridgehead atoms. The molecule has 0 aliphatic rings. The standard InChI is InChI=1S/C16H15FN2O3/c1-2-14(13-9-11(17)5-8-15(13)21)18-19-16(22)10-3-6-12(20)7-4-10/h3-9,20-21H,2H2,1H3,(H,19,22)/b18-14+. The van der Waals surface area contributed by atoms with E-state index >= 15 is 0 Å². The maximum atomic E-state index is 13.3. The monoisotopic (exact) mass is 302 g/mol. The van der Waals surface area contributed by atoms with Crippen molar-refractivity contribution in [3.05, 3.63) is 59.4 Å². The zero-order valence-corrected chi connectivity index (χ0v) is 11.9. The number of aromatic hydroxyl groups is 2. The summed E-state index contributed by atoms with van der Waals surface area (Å²) in [7, 11) is 0. The number of hydrogen-bond donors (Lipinski definition) is 3. The highest BCUT2D eigenvalue weighted by Gasteiger charge is 2.10. The molecular formula is C16H15FN2O3. The molecule has 1 amide bonds. The number of carbonyl (C=O) groups excluding carboxylic acids is 1. The van der Waals surface area contributed by atoms with Gasteiger partial charge >= 0.3 is 0 Å². The molecule has 0 fully saturated rings. The second kappa shape index (κ2) is 6.71. The van der Waals surface area contributed by atoms with Gasteiger partial charge in [0.2, 0.25) is 0 Å². The molecule has 6 heteroatoms. The molecular weight excluding hydrogens is 287 g/mol. The summed E-state index contributed by atoms with van der Waals surface area (Å²) < 4.78 is 13.3. The Balaban J connectivity index is 2.20. The Kier molecular flexibility index (Phi) is 4.73. The molecule has 0 aromatic heterocycles. The number of rotatable bonds is 4. The van der Waals surface area contributed by atoms with Gasteiger partial charge in [0, 0.05) is 11.1 Å². The molecule has 5 nitrogen and oxygen atoms in total. The normalized spacial score (nSPS) is 11.3. The molecule has 114 valence electrons. The number of carbonyl (C=O) groups is 1. The number of amides is 1. The summed E-state index contributed by atoms with van der Waals surface area (Å²) >= 11 is 0. The van der Waals surface area contributed by atoms with E-state index in [1.807, 2.05) is 0 Å². The largest absolute Gasteiger partial charge is 0.508 e. The zero-order valence-electron chi connectivity index (χ0n) is 11.9. The molecule has 2 rings (SSSR count). The van der Waals surface area contributed by atoms with Crippen LogP contribution in [0.5, 0.6) is 11.5 Å². The summed E-state index contributed by atoms with van der Waals surface area (Å²) in [6, 6.07) is 9.20. The van der Waals surface area contributed by atoms with E-state index in [4.69, 9.17) is 0 Å². The molecule has 0 saturated carbocycles. The van der Waals surface area contributed by atoms with Crippen LogP contribution in [0.25, 0.3) is 0 Å². The van der Waals surface area contributed by atoms with E-state index in [9.17, 15) is 19.4 Å². The van der Waals surface area contributed by atoms with Crippen LogP contribution in [-0.4, -0.2) is 21.8 Å². The molecule has 22 heavy (non-hydrogen) atoms. The lowest BCUT2D eigenvalue weighted by Crippen LogP contribution is -2.20. The predicted octanol–water partition coefficient (Wildman–Crippen LogP) is 2.78. The van der Waals surface area contributed by atoms with Crippen LogP contribution in [0.1, 0.15) is 29.3 Å². The van der Waals surface area contributed by atoms with Crippen molar-refractivity contribution in [1.82, 2.24) is 5.43 Å². The van der Waals surface area contributed by atoms with Crippen molar-refractivity contribution < 1.29 is 19.4 Å². The van der Waals surface area contributed by atoms with E-state index in [0.717, 1.165) is 12.1 Å². The Labute approximate surface area is 126 Å². The predicted molar refractivity (Wildman–Crippen MR) is 80.5 cm³/mol. The summed E-state index contributed by atoms with van der Waals surface area (Å²) in [6.45, 7) is 1.77. The van der Waals surface area contributed by atoms with Gasteiger partial charge in [-0.2, -0.15) is 5.10 Å². The van der Waals surface area contributed by atoms with Gasteiger partial charge in [-0.3, -0.25) is 4.79 Å². The van der Waals surface area contributed by atoms with Gasteiger partial charge in [0.1, 0.15) is 17.3 Å². The van der Waals surface area contributed by atoms with Crippen molar-refractivity contribution in [3.8, 4) is 11.5 Å². The highest BCUT2D eigenvalue weighted by atomic mass is 19.1. The van der Waals surface area contributed by atoms with Gasteiger partial charge in [-0.25, -0.2) is 9.82 Å². The number of nitrogens with zero attached hydrogens (tertiary/aromatic N) is 1. The fourth-order valence-corrected chi connectivity index (χ4v) is 1.86. The molecule has 0 aliphatic carbocycles. The van der Waals surface area contributed by atoms with Crippen LogP contribution in [0.2, 0.25) is 0 Å². The second-order valence-electron chi connectivity index (χ2n) is 4.56. The first-order valence-electron chi connectivity index (χ1n) is 6.66. The fraction of sp³-hybridized carbons (Fsp3) is 0.125. The van der Waals surface area contributed by atoms with Gasteiger partial charge in [-0.1, -0.05) is 6.92 Å². The summed E-state index contributed by atoms with van der Waals surface area (Å²) in [6.07, 6.45) is 0.396. The number of nitrogens with one attached hydrogen (secondary N) is 1. The molecule has 0 aliphatic heterocycles. The number of hydrogen-bond acceptors (Lipinski definition) is 4. The lowest BCUT2D eigenvalue weighted by molar-refractivity contribution is 0.0954. The average Bonchev–Trinajstić information content (AvgIpc) is 2.51. The van der Waals surface area contributed by atoms with E-state index in [1.54, 1.807) is 6.92 Å². The van der Waals surface area contributed by atoms with E-state index in [1.165, 1.54) is 30.3 Å². The smallest absolute Gasteiger partial charge is 0.271 e. The highest BCUT2D eigenvalue weighted by molar-refractivity contribution is 6.04. The van der Waals surface area contributed by atoms with Crippen LogP contribution in [0.15, 0.2) is 47.6 Å². The number of phenols is 2. The first kappa shape index (κ1) is 15.5. The fourth-order valence-electron chi connectivity index (χ4n) is 1.86. The SMILES string of the molecule is CC/C(=N\NC(=O)c1ccc(O)cc1)c1cc(F)ccc1O. The molecule has 0 atom stereocenters. The topological polar surface area (TPSA) is 81.9 Å². The number of halogens is 1. The average molecular weight is 302 g/mol. The van der Waals surface area contributed by atoms with Gasteiger partial charge in [-0.05, 0) is 48.9 Å². The Bertz CT molecular complexity index is 712. The van der Waals surface area contributed by atoms with E-state index < -0.39 is 11.7 Å². The number of phenolic OH excluding ortho intramolecular Hbond substituents is 2. The summed E-state index contributed by atoms with van der Waals surface area (Å²) in [5.41, 5.74) is 3.25. The molecule has 0 spiro atoms. The van der Waals surface area contributed by atoms with Gasteiger partial charge in [0.05, 0.1) is 5.71 Å². The van der Waals surface area contributed by atoms with Crippen molar-refractivity contribution in [1.29, 1.82) is 0 Å². The van der Waals surface area contributed by atoms with E-state index in [2.05, 4.69) is 10.5 Å². The molecule has 2 aromatic rings. The van der Waals surface area contributed by atoms with Crippen molar-refractivity contribution in [3.63, 3.8) is 0 Å².